The highest BCUT2D eigenvalue weighted by atomic mass is 32.1. The smallest absolute Gasteiger partial charge is 0.317 e. The van der Waals surface area contributed by atoms with Crippen LogP contribution in [0.4, 0.5) is 9.93 Å². The van der Waals surface area contributed by atoms with Crippen LogP contribution in [-0.4, -0.2) is 47.1 Å². The summed E-state index contributed by atoms with van der Waals surface area (Å²) in [5.41, 5.74) is 0.897. The molecule has 0 aromatic carbocycles. The molecule has 1 fully saturated rings. The van der Waals surface area contributed by atoms with Gasteiger partial charge in [0, 0.05) is 44.0 Å². The van der Waals surface area contributed by atoms with E-state index in [4.69, 9.17) is 0 Å². The highest BCUT2D eigenvalue weighted by molar-refractivity contribution is 7.13. The van der Waals surface area contributed by atoms with Gasteiger partial charge in [0.05, 0.1) is 11.7 Å². The predicted octanol–water partition coefficient (Wildman–Crippen LogP) is 2.91. The maximum atomic E-state index is 12.5. The Morgan fingerprint density at radius 1 is 1.33 bits per heavy atom. The Balaban J connectivity index is 1.50. The third-order valence-corrected chi connectivity index (χ3v) is 5.36. The maximum absolute atomic E-state index is 12.5. The molecule has 24 heavy (non-hydrogen) atoms. The van der Waals surface area contributed by atoms with Gasteiger partial charge in [0.1, 0.15) is 0 Å². The van der Waals surface area contributed by atoms with Crippen LogP contribution < -0.4 is 10.2 Å². The van der Waals surface area contributed by atoms with Gasteiger partial charge in [0.15, 0.2) is 5.13 Å². The summed E-state index contributed by atoms with van der Waals surface area (Å²) in [4.78, 5) is 25.2. The number of carbonyl (C=O) groups excluding carboxylic acids is 1. The van der Waals surface area contributed by atoms with Crippen LogP contribution in [-0.2, 0) is 0 Å². The number of pyridine rings is 1. The first-order valence-electron chi connectivity index (χ1n) is 8.24. The fourth-order valence-electron chi connectivity index (χ4n) is 2.86. The topological polar surface area (TPSA) is 61.4 Å². The minimum atomic E-state index is -0.0541. The van der Waals surface area contributed by atoms with Crippen LogP contribution in [0.5, 0.6) is 0 Å². The summed E-state index contributed by atoms with van der Waals surface area (Å²) in [6, 6.07) is 5.89. The van der Waals surface area contributed by atoms with Gasteiger partial charge >= 0.3 is 6.03 Å². The van der Waals surface area contributed by atoms with Crippen molar-refractivity contribution < 1.29 is 4.79 Å². The lowest BCUT2D eigenvalue weighted by molar-refractivity contribution is 0.187. The highest BCUT2D eigenvalue weighted by Gasteiger charge is 2.25. The zero-order valence-electron chi connectivity index (χ0n) is 14.1. The molecule has 0 spiro atoms. The van der Waals surface area contributed by atoms with E-state index in [1.807, 2.05) is 43.7 Å². The number of carbonyl (C=O) groups is 1. The first-order chi connectivity index (χ1) is 11.6. The molecule has 0 radical (unpaired) electrons. The number of aromatic nitrogens is 2. The summed E-state index contributed by atoms with van der Waals surface area (Å²) in [5, 5.41) is 6.22. The molecule has 128 valence electrons. The van der Waals surface area contributed by atoms with Crippen LogP contribution in [0.25, 0.3) is 0 Å². The second kappa shape index (κ2) is 7.61. The Bertz CT molecular complexity index is 640. The van der Waals surface area contributed by atoms with Crippen LogP contribution in [0.15, 0.2) is 36.0 Å². The molecule has 0 aliphatic carbocycles. The standard InChI is InChI=1S/C17H23N5OS/c1-13(15-5-3-4-8-18-15)21(2)16(23)20-14-6-10-22(11-7-14)17-19-9-12-24-17/h3-5,8-9,12-14H,6-7,10-11H2,1-2H3,(H,20,23). The fourth-order valence-corrected chi connectivity index (χ4v) is 3.56. The quantitative estimate of drug-likeness (QED) is 0.925. The van der Waals surface area contributed by atoms with Gasteiger partial charge in [0.25, 0.3) is 0 Å². The van der Waals surface area contributed by atoms with E-state index < -0.39 is 0 Å². The van der Waals surface area contributed by atoms with Crippen LogP contribution >= 0.6 is 11.3 Å². The molecule has 6 nitrogen and oxygen atoms in total. The molecular formula is C17H23N5OS. The van der Waals surface area contributed by atoms with E-state index in [1.54, 1.807) is 22.4 Å². The normalized spacial score (nSPS) is 16.7. The molecule has 0 bridgehead atoms. The van der Waals surface area contributed by atoms with Crippen molar-refractivity contribution in [3.05, 3.63) is 41.7 Å². The van der Waals surface area contributed by atoms with Gasteiger partial charge in [-0.15, -0.1) is 11.3 Å². The molecule has 0 saturated carbocycles. The number of anilines is 1. The van der Waals surface area contributed by atoms with Crippen molar-refractivity contribution >= 4 is 22.5 Å². The Morgan fingerprint density at radius 2 is 2.12 bits per heavy atom. The number of urea groups is 1. The Labute approximate surface area is 146 Å². The lowest BCUT2D eigenvalue weighted by Gasteiger charge is -2.34. The number of piperidine rings is 1. The van der Waals surface area contributed by atoms with E-state index >= 15 is 0 Å². The fraction of sp³-hybridized carbons (Fsp3) is 0.471. The molecule has 1 aliphatic rings. The van der Waals surface area contributed by atoms with Crippen LogP contribution in [0.2, 0.25) is 0 Å². The van der Waals surface area contributed by atoms with Crippen molar-refractivity contribution in [2.24, 2.45) is 0 Å². The van der Waals surface area contributed by atoms with Gasteiger partial charge in [0.2, 0.25) is 0 Å². The molecule has 1 saturated heterocycles. The van der Waals surface area contributed by atoms with Gasteiger partial charge in [-0.25, -0.2) is 9.78 Å². The molecule has 2 aromatic heterocycles. The van der Waals surface area contributed by atoms with E-state index in [1.165, 1.54) is 0 Å². The largest absolute Gasteiger partial charge is 0.348 e. The first kappa shape index (κ1) is 16.7. The Kier molecular flexibility index (Phi) is 5.30. The summed E-state index contributed by atoms with van der Waals surface area (Å²) < 4.78 is 0. The van der Waals surface area contributed by atoms with Crippen molar-refractivity contribution in [3.63, 3.8) is 0 Å². The zero-order chi connectivity index (χ0) is 16.9. The van der Waals surface area contributed by atoms with Gasteiger partial charge in [-0.3, -0.25) is 4.98 Å². The number of hydrogen-bond donors (Lipinski definition) is 1. The van der Waals surface area contributed by atoms with Crippen LogP contribution in [0, 0.1) is 0 Å². The number of hydrogen-bond acceptors (Lipinski definition) is 5. The van der Waals surface area contributed by atoms with Gasteiger partial charge < -0.3 is 15.1 Å². The predicted molar refractivity (Wildman–Crippen MR) is 96.3 cm³/mol. The van der Waals surface area contributed by atoms with Crippen LogP contribution in [0.1, 0.15) is 31.5 Å². The van der Waals surface area contributed by atoms with E-state index in [-0.39, 0.29) is 18.1 Å². The summed E-state index contributed by atoms with van der Waals surface area (Å²) in [6.45, 7) is 3.85. The molecule has 2 amide bonds. The average Bonchev–Trinajstić information content (AvgIpc) is 3.16. The first-order valence-corrected chi connectivity index (χ1v) is 9.12. The molecule has 1 aliphatic heterocycles. The van der Waals surface area contributed by atoms with Crippen molar-refractivity contribution in [2.75, 3.05) is 25.0 Å². The minimum absolute atomic E-state index is 0.0409. The van der Waals surface area contributed by atoms with E-state index in [2.05, 4.69) is 20.2 Å². The molecule has 3 heterocycles. The maximum Gasteiger partial charge on any atom is 0.317 e. The average molecular weight is 345 g/mol. The minimum Gasteiger partial charge on any atom is -0.348 e. The van der Waals surface area contributed by atoms with E-state index in [9.17, 15) is 4.79 Å². The summed E-state index contributed by atoms with van der Waals surface area (Å²) in [7, 11) is 1.82. The molecule has 1 atom stereocenters. The Morgan fingerprint density at radius 3 is 2.75 bits per heavy atom. The second-order valence-electron chi connectivity index (χ2n) is 6.07. The second-order valence-corrected chi connectivity index (χ2v) is 6.94. The number of nitrogens with zero attached hydrogens (tertiary/aromatic N) is 4. The number of thiazole rings is 1. The molecule has 1 unspecified atom stereocenters. The highest BCUT2D eigenvalue weighted by Crippen LogP contribution is 2.22. The molecular weight excluding hydrogens is 322 g/mol. The summed E-state index contributed by atoms with van der Waals surface area (Å²) in [6.07, 6.45) is 5.47. The van der Waals surface area contributed by atoms with E-state index in [0.29, 0.717) is 0 Å². The molecule has 3 rings (SSSR count). The molecule has 1 N–H and O–H groups in total. The van der Waals surface area contributed by atoms with Gasteiger partial charge in [-0.05, 0) is 31.9 Å². The molecule has 2 aromatic rings. The number of amides is 2. The Hall–Kier alpha value is -2.15. The number of nitrogens with one attached hydrogen (secondary N) is 1. The van der Waals surface area contributed by atoms with Crippen molar-refractivity contribution in [1.29, 1.82) is 0 Å². The van der Waals surface area contributed by atoms with Crippen molar-refractivity contribution in [2.45, 2.75) is 31.8 Å². The van der Waals surface area contributed by atoms with Crippen LogP contribution in [0.3, 0.4) is 0 Å². The van der Waals surface area contributed by atoms with Crippen molar-refractivity contribution in [3.8, 4) is 0 Å². The lowest BCUT2D eigenvalue weighted by Crippen LogP contribution is -2.48. The third-order valence-electron chi connectivity index (χ3n) is 4.53. The lowest BCUT2D eigenvalue weighted by atomic mass is 10.1. The SMILES string of the molecule is CC(c1ccccn1)N(C)C(=O)NC1CCN(c2nccs2)CC1. The van der Waals surface area contributed by atoms with Crippen molar-refractivity contribution in [1.82, 2.24) is 20.2 Å². The number of rotatable bonds is 4. The molecule has 7 heteroatoms. The summed E-state index contributed by atoms with van der Waals surface area (Å²) in [5.74, 6) is 0. The summed E-state index contributed by atoms with van der Waals surface area (Å²) >= 11 is 1.66. The van der Waals surface area contributed by atoms with Gasteiger partial charge in [-0.1, -0.05) is 6.07 Å². The third kappa shape index (κ3) is 3.84. The monoisotopic (exact) mass is 345 g/mol. The van der Waals surface area contributed by atoms with Gasteiger partial charge in [-0.2, -0.15) is 0 Å². The van der Waals surface area contributed by atoms with E-state index in [0.717, 1.165) is 36.8 Å². The zero-order valence-corrected chi connectivity index (χ0v) is 14.9.